The lowest BCUT2D eigenvalue weighted by atomic mass is 10.5. The molecule has 1 unspecified atom stereocenters. The van der Waals surface area contributed by atoms with Gasteiger partial charge in [0.1, 0.15) is 11.1 Å². The third-order valence-corrected chi connectivity index (χ3v) is 3.47. The van der Waals surface area contributed by atoms with Crippen molar-refractivity contribution in [2.45, 2.75) is 17.0 Å². The molecule has 0 saturated carbocycles. The lowest BCUT2D eigenvalue weighted by molar-refractivity contribution is -0.139. The number of hydrogen-bond acceptors (Lipinski definition) is 5. The molecule has 1 aromatic heterocycles. The Kier molecular flexibility index (Phi) is 4.47. The number of thioether (sulfide) groups is 1. The second kappa shape index (κ2) is 5.41. The topological polar surface area (TPSA) is 52.3 Å². The summed E-state index contributed by atoms with van der Waals surface area (Å²) in [6, 6.07) is 0. The number of hydrogen-bond donors (Lipinski definition) is 0. The first-order valence-corrected chi connectivity index (χ1v) is 5.80. The lowest BCUT2D eigenvalue weighted by Crippen LogP contribution is -2.17. The van der Waals surface area contributed by atoms with Crippen LogP contribution in [0.4, 0.5) is 0 Å². The predicted octanol–water partition coefficient (Wildman–Crippen LogP) is 2.01. The minimum Gasteiger partial charge on any atom is -0.468 e. The number of aromatic nitrogens is 1. The Labute approximate surface area is 94.5 Å². The van der Waals surface area contributed by atoms with Crippen LogP contribution in [-0.2, 0) is 9.53 Å². The summed E-state index contributed by atoms with van der Waals surface area (Å²) in [4.78, 5) is 14.8. The maximum Gasteiger partial charge on any atom is 0.320 e. The van der Waals surface area contributed by atoms with Crippen molar-refractivity contribution in [3.8, 4) is 0 Å². The van der Waals surface area contributed by atoms with E-state index in [1.54, 1.807) is 6.26 Å². The molecule has 0 spiro atoms. The molecule has 78 valence electrons. The van der Waals surface area contributed by atoms with Gasteiger partial charge in [0.05, 0.1) is 12.8 Å². The van der Waals surface area contributed by atoms with E-state index >= 15 is 0 Å². The molecule has 14 heavy (non-hydrogen) atoms. The molecule has 0 aliphatic heterocycles. The summed E-state index contributed by atoms with van der Waals surface area (Å²) in [5.41, 5.74) is 0.830. The number of oxazole rings is 1. The quantitative estimate of drug-likeness (QED) is 0.480. The standard InChI is InChI=1S/C8H10BrNO3S/c1-5-3-13-8(10-5)14-4-6(9)7(11)12-2/h3,6H,4H2,1-2H3. The number of esters is 1. The van der Waals surface area contributed by atoms with Gasteiger partial charge in [-0.3, -0.25) is 4.79 Å². The summed E-state index contributed by atoms with van der Waals surface area (Å²) in [7, 11) is 1.36. The number of rotatable bonds is 4. The minimum absolute atomic E-state index is 0.291. The Morgan fingerprint density at radius 3 is 3.07 bits per heavy atom. The van der Waals surface area contributed by atoms with Crippen LogP contribution < -0.4 is 0 Å². The molecule has 0 aliphatic rings. The number of ether oxygens (including phenoxy) is 1. The summed E-state index contributed by atoms with van der Waals surface area (Å²) in [5.74, 6) is 0.243. The summed E-state index contributed by atoms with van der Waals surface area (Å²) < 4.78 is 9.66. The van der Waals surface area contributed by atoms with E-state index in [1.165, 1.54) is 18.9 Å². The molecule has 4 nitrogen and oxygen atoms in total. The average molecular weight is 280 g/mol. The van der Waals surface area contributed by atoms with Gasteiger partial charge in [0.15, 0.2) is 0 Å². The summed E-state index contributed by atoms with van der Waals surface area (Å²) in [6.07, 6.45) is 1.57. The van der Waals surface area contributed by atoms with Crippen molar-refractivity contribution < 1.29 is 13.9 Å². The first-order chi connectivity index (χ1) is 6.63. The highest BCUT2D eigenvalue weighted by molar-refractivity contribution is 9.10. The predicted molar refractivity (Wildman–Crippen MR) is 56.7 cm³/mol. The van der Waals surface area contributed by atoms with E-state index in [9.17, 15) is 4.79 Å². The molecule has 0 aliphatic carbocycles. The van der Waals surface area contributed by atoms with Crippen LogP contribution in [0.25, 0.3) is 0 Å². The molecular formula is C8H10BrNO3S. The van der Waals surface area contributed by atoms with Crippen molar-refractivity contribution in [1.82, 2.24) is 4.98 Å². The van der Waals surface area contributed by atoms with E-state index in [0.29, 0.717) is 11.0 Å². The van der Waals surface area contributed by atoms with Gasteiger partial charge in [-0.15, -0.1) is 0 Å². The molecule has 0 bridgehead atoms. The third kappa shape index (κ3) is 3.34. The van der Waals surface area contributed by atoms with Crippen LogP contribution in [-0.4, -0.2) is 28.6 Å². The van der Waals surface area contributed by atoms with Crippen LogP contribution in [0.3, 0.4) is 0 Å². The van der Waals surface area contributed by atoms with Gasteiger partial charge in [0, 0.05) is 5.75 Å². The van der Waals surface area contributed by atoms with E-state index in [4.69, 9.17) is 4.42 Å². The zero-order chi connectivity index (χ0) is 10.6. The van der Waals surface area contributed by atoms with E-state index in [1.807, 2.05) is 6.92 Å². The molecule has 0 saturated heterocycles. The number of carbonyl (C=O) groups excluding carboxylic acids is 1. The lowest BCUT2D eigenvalue weighted by Gasteiger charge is -2.04. The molecule has 1 heterocycles. The van der Waals surface area contributed by atoms with Gasteiger partial charge in [-0.25, -0.2) is 4.98 Å². The molecule has 6 heteroatoms. The molecule has 0 aromatic carbocycles. The van der Waals surface area contributed by atoms with E-state index in [0.717, 1.165) is 5.69 Å². The largest absolute Gasteiger partial charge is 0.468 e. The normalized spacial score (nSPS) is 12.5. The zero-order valence-corrected chi connectivity index (χ0v) is 10.2. The van der Waals surface area contributed by atoms with Gasteiger partial charge in [0.2, 0.25) is 0 Å². The monoisotopic (exact) mass is 279 g/mol. The third-order valence-electron chi connectivity index (χ3n) is 1.41. The van der Waals surface area contributed by atoms with Crippen LogP contribution in [0.1, 0.15) is 5.69 Å². The van der Waals surface area contributed by atoms with E-state index < -0.39 is 0 Å². The highest BCUT2D eigenvalue weighted by Gasteiger charge is 2.16. The maximum absolute atomic E-state index is 11.0. The van der Waals surface area contributed by atoms with Crippen molar-refractivity contribution in [3.05, 3.63) is 12.0 Å². The van der Waals surface area contributed by atoms with Crippen LogP contribution in [0.15, 0.2) is 15.9 Å². The summed E-state index contributed by atoms with van der Waals surface area (Å²) >= 11 is 4.57. The van der Waals surface area contributed by atoms with Crippen LogP contribution in [0.2, 0.25) is 0 Å². The van der Waals surface area contributed by atoms with Gasteiger partial charge in [0.25, 0.3) is 5.22 Å². The van der Waals surface area contributed by atoms with Crippen LogP contribution in [0.5, 0.6) is 0 Å². The molecular weight excluding hydrogens is 270 g/mol. The zero-order valence-electron chi connectivity index (χ0n) is 7.82. The SMILES string of the molecule is COC(=O)C(Br)CSc1nc(C)co1. The molecule has 0 radical (unpaired) electrons. The van der Waals surface area contributed by atoms with Gasteiger partial charge in [-0.2, -0.15) is 0 Å². The van der Waals surface area contributed by atoms with Gasteiger partial charge < -0.3 is 9.15 Å². The Morgan fingerprint density at radius 2 is 2.57 bits per heavy atom. The van der Waals surface area contributed by atoms with Crippen LogP contribution >= 0.6 is 27.7 Å². The Bertz CT molecular complexity index is 315. The molecule has 0 amide bonds. The highest BCUT2D eigenvalue weighted by atomic mass is 79.9. The average Bonchev–Trinajstić information content (AvgIpc) is 2.59. The van der Waals surface area contributed by atoms with Gasteiger partial charge >= 0.3 is 5.97 Å². The summed E-state index contributed by atoms with van der Waals surface area (Å²) in [5, 5.41) is 0.566. The molecule has 1 atom stereocenters. The van der Waals surface area contributed by atoms with Gasteiger partial charge in [-0.05, 0) is 6.92 Å². The minimum atomic E-state index is -0.329. The Balaban J connectivity index is 2.37. The molecule has 0 N–H and O–H groups in total. The smallest absolute Gasteiger partial charge is 0.320 e. The molecule has 1 rings (SSSR count). The van der Waals surface area contributed by atoms with Gasteiger partial charge in [-0.1, -0.05) is 27.7 Å². The van der Waals surface area contributed by atoms with Crippen molar-refractivity contribution >= 4 is 33.7 Å². The summed E-state index contributed by atoms with van der Waals surface area (Å²) in [6.45, 7) is 1.85. The fourth-order valence-corrected chi connectivity index (χ4v) is 2.07. The number of halogens is 1. The van der Waals surface area contributed by atoms with Crippen molar-refractivity contribution in [2.24, 2.45) is 0 Å². The second-order valence-electron chi connectivity index (χ2n) is 2.56. The first kappa shape index (κ1) is 11.6. The van der Waals surface area contributed by atoms with E-state index in [-0.39, 0.29) is 10.8 Å². The van der Waals surface area contributed by atoms with Crippen molar-refractivity contribution in [3.63, 3.8) is 0 Å². The number of carbonyl (C=O) groups is 1. The molecule has 1 aromatic rings. The second-order valence-corrected chi connectivity index (χ2v) is 4.63. The van der Waals surface area contributed by atoms with Crippen molar-refractivity contribution in [2.75, 3.05) is 12.9 Å². The van der Waals surface area contributed by atoms with Crippen molar-refractivity contribution in [1.29, 1.82) is 0 Å². The Hall–Kier alpha value is -0.490. The highest BCUT2D eigenvalue weighted by Crippen LogP contribution is 2.20. The number of nitrogens with zero attached hydrogens (tertiary/aromatic N) is 1. The number of alkyl halides is 1. The number of methoxy groups -OCH3 is 1. The fourth-order valence-electron chi connectivity index (χ4n) is 0.739. The van der Waals surface area contributed by atoms with Crippen LogP contribution in [0, 0.1) is 6.92 Å². The molecule has 0 fully saturated rings. The Morgan fingerprint density at radius 1 is 1.86 bits per heavy atom. The number of aryl methyl sites for hydroxylation is 1. The van der Waals surface area contributed by atoms with E-state index in [2.05, 4.69) is 25.7 Å². The maximum atomic E-state index is 11.0. The fraction of sp³-hybridized carbons (Fsp3) is 0.500. The first-order valence-electron chi connectivity index (χ1n) is 3.90.